The summed E-state index contributed by atoms with van der Waals surface area (Å²) < 4.78 is 0.903. The van der Waals surface area contributed by atoms with Gasteiger partial charge in [0.25, 0.3) is 0 Å². The third kappa shape index (κ3) is 5.28. The number of aromatic amines is 2. The Kier molecular flexibility index (Phi) is 6.26. The van der Waals surface area contributed by atoms with Gasteiger partial charge in [-0.1, -0.05) is 0 Å². The number of benzene rings is 4. The minimum atomic E-state index is 0.903. The van der Waals surface area contributed by atoms with Gasteiger partial charge in [-0.25, -0.2) is 9.97 Å². The van der Waals surface area contributed by atoms with E-state index in [1.54, 1.807) is 0 Å². The van der Waals surface area contributed by atoms with Gasteiger partial charge < -0.3 is 9.97 Å². The van der Waals surface area contributed by atoms with Crippen LogP contribution in [0.2, 0.25) is 0 Å². The molecule has 2 aliphatic rings. The molecule has 0 unspecified atom stereocenters. The van der Waals surface area contributed by atoms with E-state index in [1.807, 2.05) is 60.7 Å². The standard InChI is InChI=1S/C20H14N4.C18H11.Cu/c1-2-14-10-16-5-6-18(23-16)12-20-8-7-19(24-20)11-17-4-3-15(22-17)9-13(1)21-14;1-2-6-14-10-18-12-16-8-4-3-7-15(16)11-17(18)9-13(14)5-1;/h1-12,21,24H;1-7,9-12H;. The van der Waals surface area contributed by atoms with Crippen molar-refractivity contribution in [3.63, 3.8) is 0 Å². The van der Waals surface area contributed by atoms with Crippen LogP contribution >= 0.6 is 0 Å². The van der Waals surface area contributed by atoms with Crippen LogP contribution in [-0.2, 0) is 16.0 Å². The number of hydrogen-bond acceptors (Lipinski definition) is 2. The van der Waals surface area contributed by atoms with Crippen LogP contribution in [-0.4, -0.2) is 19.9 Å². The first-order valence-electron chi connectivity index (χ1n) is 14.1. The van der Waals surface area contributed by atoms with E-state index in [9.17, 15) is 0 Å². The summed E-state index contributed by atoms with van der Waals surface area (Å²) in [6.07, 6.45) is 8.09. The molecule has 2 N–H and O–H groups in total. The molecule has 0 radical (unpaired) electrons. The quantitative estimate of drug-likeness (QED) is 0.135. The SMILES string of the molecule is C1=Cc2cc3ccc(cc4nc(cc5ccc(cc1n2)[nH]5)C=C4)[nH]3.[Cu][c]1cccc2cc3cc4ccccc4cc3cc12. The van der Waals surface area contributed by atoms with Crippen molar-refractivity contribution in [1.82, 2.24) is 19.9 Å². The van der Waals surface area contributed by atoms with Gasteiger partial charge in [-0.05, 0) is 72.8 Å². The molecule has 43 heavy (non-hydrogen) atoms. The molecule has 7 aromatic rings. The first kappa shape index (κ1) is 25.5. The van der Waals surface area contributed by atoms with E-state index in [-0.39, 0.29) is 0 Å². The molecular formula is C38H25CuN4. The zero-order chi connectivity index (χ0) is 28.8. The van der Waals surface area contributed by atoms with Crippen LogP contribution in [0.15, 0.2) is 115 Å². The van der Waals surface area contributed by atoms with Gasteiger partial charge in [-0.2, -0.15) is 0 Å². The molecule has 0 aliphatic carbocycles. The van der Waals surface area contributed by atoms with E-state index in [2.05, 4.69) is 98.8 Å². The van der Waals surface area contributed by atoms with Crippen LogP contribution in [0.4, 0.5) is 0 Å². The molecule has 0 saturated heterocycles. The second-order valence-electron chi connectivity index (χ2n) is 10.7. The van der Waals surface area contributed by atoms with Gasteiger partial charge in [0.2, 0.25) is 0 Å². The summed E-state index contributed by atoms with van der Waals surface area (Å²) in [5, 5.41) is 7.44. The summed E-state index contributed by atoms with van der Waals surface area (Å²) in [5.41, 5.74) is 7.86. The summed E-state index contributed by atoms with van der Waals surface area (Å²) in [6, 6.07) is 39.9. The molecule has 0 fully saturated rings. The second kappa shape index (κ2) is 10.6. The molecule has 5 heteroatoms. The Balaban J connectivity index is 0.000000133. The van der Waals surface area contributed by atoms with Crippen molar-refractivity contribution >= 4 is 83.2 Å². The van der Waals surface area contributed by atoms with Crippen molar-refractivity contribution in [1.29, 1.82) is 0 Å². The fourth-order valence-electron chi connectivity index (χ4n) is 5.60. The monoisotopic (exact) mass is 600 g/mol. The Morgan fingerprint density at radius 2 is 0.814 bits per heavy atom. The molecule has 208 valence electrons. The van der Waals surface area contributed by atoms with Crippen molar-refractivity contribution in [2.24, 2.45) is 0 Å². The molecule has 0 saturated carbocycles. The average Bonchev–Trinajstić information content (AvgIpc) is 3.83. The Hall–Kier alpha value is -5.22. The maximum absolute atomic E-state index is 5.57. The van der Waals surface area contributed by atoms with Crippen LogP contribution in [0, 0.1) is 0 Å². The molecule has 4 aromatic carbocycles. The first-order chi connectivity index (χ1) is 21.1. The molecule has 9 rings (SSSR count). The van der Waals surface area contributed by atoms with Crippen molar-refractivity contribution < 1.29 is 16.0 Å². The molecule has 0 spiro atoms. The summed E-state index contributed by atoms with van der Waals surface area (Å²) in [6.45, 7) is 0. The topological polar surface area (TPSA) is 57.4 Å². The zero-order valence-corrected chi connectivity index (χ0v) is 23.9. The number of nitrogens with one attached hydrogen (secondary N) is 2. The summed E-state index contributed by atoms with van der Waals surface area (Å²) >= 11 is 5.57. The van der Waals surface area contributed by atoms with E-state index < -0.39 is 0 Å². The zero-order valence-electron chi connectivity index (χ0n) is 23.0. The number of rotatable bonds is 0. The van der Waals surface area contributed by atoms with Gasteiger partial charge >= 0.3 is 120 Å². The fourth-order valence-corrected chi connectivity index (χ4v) is 5.89. The number of hydrogen-bond donors (Lipinski definition) is 2. The fraction of sp³-hybridized carbons (Fsp3) is 0. The molecule has 4 nitrogen and oxygen atoms in total. The van der Waals surface area contributed by atoms with Crippen LogP contribution in [0.25, 0.3) is 78.7 Å². The van der Waals surface area contributed by atoms with Crippen LogP contribution in [0.1, 0.15) is 22.8 Å². The van der Waals surface area contributed by atoms with Crippen LogP contribution in [0.5, 0.6) is 0 Å². The van der Waals surface area contributed by atoms with E-state index in [0.717, 1.165) is 54.7 Å². The van der Waals surface area contributed by atoms with Gasteiger partial charge in [0, 0.05) is 22.1 Å². The Labute approximate surface area is 256 Å². The Morgan fingerprint density at radius 3 is 1.30 bits per heavy atom. The molecule has 2 aliphatic heterocycles. The summed E-state index contributed by atoms with van der Waals surface area (Å²) in [4.78, 5) is 16.0. The summed E-state index contributed by atoms with van der Waals surface area (Å²) in [5.74, 6) is 0. The number of H-pyrrole nitrogens is 2. The van der Waals surface area contributed by atoms with Crippen molar-refractivity contribution in [2.75, 3.05) is 0 Å². The van der Waals surface area contributed by atoms with E-state index >= 15 is 0 Å². The third-order valence-electron chi connectivity index (χ3n) is 7.66. The maximum atomic E-state index is 5.57. The predicted molar refractivity (Wildman–Crippen MR) is 177 cm³/mol. The van der Waals surface area contributed by atoms with Crippen molar-refractivity contribution in [3.05, 3.63) is 138 Å². The van der Waals surface area contributed by atoms with E-state index in [4.69, 9.17) is 16.0 Å². The van der Waals surface area contributed by atoms with Gasteiger partial charge in [0.15, 0.2) is 0 Å². The predicted octanol–water partition coefficient (Wildman–Crippen LogP) is 8.97. The van der Waals surface area contributed by atoms with Crippen LogP contribution < -0.4 is 4.46 Å². The minimum absolute atomic E-state index is 0.903. The number of aromatic nitrogens is 4. The number of fused-ring (bicyclic) bond motifs is 11. The second-order valence-corrected chi connectivity index (χ2v) is 11.2. The normalized spacial score (nSPS) is 12.1. The van der Waals surface area contributed by atoms with Crippen molar-refractivity contribution in [2.45, 2.75) is 0 Å². The molecule has 0 atom stereocenters. The van der Waals surface area contributed by atoms with E-state index in [0.29, 0.717) is 0 Å². The number of nitrogens with zero attached hydrogens (tertiary/aromatic N) is 2. The van der Waals surface area contributed by atoms with E-state index in [1.165, 1.54) is 26.9 Å². The van der Waals surface area contributed by atoms with Gasteiger partial charge in [-0.3, -0.25) is 0 Å². The van der Waals surface area contributed by atoms with Gasteiger partial charge in [0.1, 0.15) is 0 Å². The van der Waals surface area contributed by atoms with Crippen LogP contribution in [0.3, 0.4) is 0 Å². The molecule has 8 bridgehead atoms. The Bertz CT molecular complexity index is 2250. The van der Waals surface area contributed by atoms with Gasteiger partial charge in [-0.15, -0.1) is 0 Å². The third-order valence-corrected chi connectivity index (χ3v) is 8.07. The van der Waals surface area contributed by atoms with Crippen molar-refractivity contribution in [3.8, 4) is 0 Å². The Morgan fingerprint density at radius 1 is 0.395 bits per heavy atom. The molecule has 0 amide bonds. The first-order valence-corrected chi connectivity index (χ1v) is 14.6. The summed E-state index contributed by atoms with van der Waals surface area (Å²) in [7, 11) is 0. The molecule has 5 heterocycles. The molecule has 3 aromatic heterocycles. The average molecular weight is 601 g/mol. The molecular weight excluding hydrogens is 576 g/mol. The van der Waals surface area contributed by atoms with Gasteiger partial charge in [0.05, 0.1) is 22.8 Å².